The molecule has 0 aliphatic rings. The van der Waals surface area contributed by atoms with Crippen molar-refractivity contribution in [3.05, 3.63) is 63.4 Å². The fourth-order valence-corrected chi connectivity index (χ4v) is 2.24. The van der Waals surface area contributed by atoms with Gasteiger partial charge in [0.1, 0.15) is 11.9 Å². The minimum absolute atomic E-state index is 0.288. The zero-order chi connectivity index (χ0) is 13.8. The van der Waals surface area contributed by atoms with E-state index in [4.69, 9.17) is 5.26 Å². The van der Waals surface area contributed by atoms with Gasteiger partial charge in [0, 0.05) is 6.54 Å². The SMILES string of the molecule is Cc1cccc(NCc2cccc(F)c2Br)c1C#N. The first-order valence-electron chi connectivity index (χ1n) is 5.80. The van der Waals surface area contributed by atoms with Gasteiger partial charge < -0.3 is 5.32 Å². The van der Waals surface area contributed by atoms with Gasteiger partial charge in [-0.25, -0.2) is 4.39 Å². The van der Waals surface area contributed by atoms with Crippen LogP contribution in [0.3, 0.4) is 0 Å². The molecule has 4 heteroatoms. The van der Waals surface area contributed by atoms with E-state index in [0.29, 0.717) is 16.6 Å². The van der Waals surface area contributed by atoms with Crippen LogP contribution in [0.4, 0.5) is 10.1 Å². The first-order chi connectivity index (χ1) is 9.13. The van der Waals surface area contributed by atoms with Crippen LogP contribution in [0.2, 0.25) is 0 Å². The van der Waals surface area contributed by atoms with Crippen molar-refractivity contribution in [3.8, 4) is 6.07 Å². The number of hydrogen-bond donors (Lipinski definition) is 1. The quantitative estimate of drug-likeness (QED) is 0.911. The molecule has 0 heterocycles. The molecule has 2 nitrogen and oxygen atoms in total. The van der Waals surface area contributed by atoms with Crippen molar-refractivity contribution < 1.29 is 4.39 Å². The molecule has 0 bridgehead atoms. The Balaban J connectivity index is 2.22. The number of nitrogens with zero attached hydrogens (tertiary/aromatic N) is 1. The normalized spacial score (nSPS) is 10.0. The molecule has 0 aromatic heterocycles. The maximum Gasteiger partial charge on any atom is 0.137 e. The number of halogens is 2. The van der Waals surface area contributed by atoms with Crippen LogP contribution in [0.5, 0.6) is 0 Å². The number of anilines is 1. The molecule has 0 aliphatic heterocycles. The second-order valence-corrected chi connectivity index (χ2v) is 4.97. The number of benzene rings is 2. The molecule has 0 fully saturated rings. The van der Waals surface area contributed by atoms with E-state index in [2.05, 4.69) is 27.3 Å². The Morgan fingerprint density at radius 2 is 2.00 bits per heavy atom. The lowest BCUT2D eigenvalue weighted by molar-refractivity contribution is 0.618. The third kappa shape index (κ3) is 2.94. The largest absolute Gasteiger partial charge is 0.380 e. The molecule has 0 aliphatic carbocycles. The fourth-order valence-electron chi connectivity index (χ4n) is 1.84. The van der Waals surface area contributed by atoms with Crippen LogP contribution in [0.1, 0.15) is 16.7 Å². The van der Waals surface area contributed by atoms with Crippen molar-refractivity contribution in [2.75, 3.05) is 5.32 Å². The second kappa shape index (κ2) is 5.85. The zero-order valence-electron chi connectivity index (χ0n) is 10.4. The summed E-state index contributed by atoms with van der Waals surface area (Å²) in [5.41, 5.74) is 3.12. The van der Waals surface area contributed by atoms with Gasteiger partial charge in [-0.15, -0.1) is 0 Å². The Hall–Kier alpha value is -1.86. The summed E-state index contributed by atoms with van der Waals surface area (Å²) in [6.07, 6.45) is 0. The summed E-state index contributed by atoms with van der Waals surface area (Å²) < 4.78 is 13.8. The highest BCUT2D eigenvalue weighted by Crippen LogP contribution is 2.23. The highest BCUT2D eigenvalue weighted by molar-refractivity contribution is 9.10. The van der Waals surface area contributed by atoms with Crippen LogP contribution in [-0.2, 0) is 6.54 Å². The Morgan fingerprint density at radius 1 is 1.26 bits per heavy atom. The maximum atomic E-state index is 13.4. The van der Waals surface area contributed by atoms with Gasteiger partial charge in [-0.3, -0.25) is 0 Å². The molecule has 0 unspecified atom stereocenters. The van der Waals surface area contributed by atoms with Gasteiger partial charge in [-0.05, 0) is 46.1 Å². The van der Waals surface area contributed by atoms with Crippen molar-refractivity contribution in [3.63, 3.8) is 0 Å². The highest BCUT2D eigenvalue weighted by atomic mass is 79.9. The van der Waals surface area contributed by atoms with E-state index in [1.807, 2.05) is 31.2 Å². The summed E-state index contributed by atoms with van der Waals surface area (Å²) >= 11 is 3.22. The van der Waals surface area contributed by atoms with Gasteiger partial charge in [-0.2, -0.15) is 5.26 Å². The van der Waals surface area contributed by atoms with Crippen LogP contribution in [-0.4, -0.2) is 0 Å². The first kappa shape index (κ1) is 13.6. The molecule has 96 valence electrons. The number of nitriles is 1. The Bertz CT molecular complexity index is 647. The summed E-state index contributed by atoms with van der Waals surface area (Å²) in [6, 6.07) is 12.7. The van der Waals surface area contributed by atoms with Gasteiger partial charge in [0.2, 0.25) is 0 Å². The summed E-state index contributed by atoms with van der Waals surface area (Å²) in [5.74, 6) is -0.288. The molecule has 1 N–H and O–H groups in total. The van der Waals surface area contributed by atoms with E-state index >= 15 is 0 Å². The summed E-state index contributed by atoms with van der Waals surface area (Å²) in [6.45, 7) is 2.35. The zero-order valence-corrected chi connectivity index (χ0v) is 12.0. The van der Waals surface area contributed by atoms with Crippen molar-refractivity contribution in [1.82, 2.24) is 0 Å². The average molecular weight is 319 g/mol. The molecule has 0 spiro atoms. The lowest BCUT2D eigenvalue weighted by Crippen LogP contribution is -2.03. The summed E-state index contributed by atoms with van der Waals surface area (Å²) in [4.78, 5) is 0. The maximum absolute atomic E-state index is 13.4. The van der Waals surface area contributed by atoms with Crippen molar-refractivity contribution in [1.29, 1.82) is 5.26 Å². The first-order valence-corrected chi connectivity index (χ1v) is 6.59. The van der Waals surface area contributed by atoms with Gasteiger partial charge in [0.25, 0.3) is 0 Å². The third-order valence-corrected chi connectivity index (χ3v) is 3.77. The third-order valence-electron chi connectivity index (χ3n) is 2.89. The number of hydrogen-bond acceptors (Lipinski definition) is 2. The van der Waals surface area contributed by atoms with Crippen molar-refractivity contribution in [2.45, 2.75) is 13.5 Å². The van der Waals surface area contributed by atoms with E-state index in [-0.39, 0.29) is 5.82 Å². The summed E-state index contributed by atoms with van der Waals surface area (Å²) in [7, 11) is 0. The van der Waals surface area contributed by atoms with E-state index in [0.717, 1.165) is 16.8 Å². The molecular formula is C15H12BrFN2. The number of rotatable bonds is 3. The van der Waals surface area contributed by atoms with Gasteiger partial charge in [-0.1, -0.05) is 24.3 Å². The van der Waals surface area contributed by atoms with Crippen LogP contribution >= 0.6 is 15.9 Å². The highest BCUT2D eigenvalue weighted by Gasteiger charge is 2.07. The number of aryl methyl sites for hydroxylation is 1. The van der Waals surface area contributed by atoms with Crippen LogP contribution in [0.15, 0.2) is 40.9 Å². The van der Waals surface area contributed by atoms with E-state index in [9.17, 15) is 4.39 Å². The lowest BCUT2D eigenvalue weighted by Gasteiger charge is -2.11. The van der Waals surface area contributed by atoms with Gasteiger partial charge in [0.15, 0.2) is 0 Å². The van der Waals surface area contributed by atoms with Crippen molar-refractivity contribution in [2.24, 2.45) is 0 Å². The Kier molecular flexibility index (Phi) is 4.18. The molecule has 0 saturated carbocycles. The lowest BCUT2D eigenvalue weighted by atomic mass is 10.1. The number of nitrogens with one attached hydrogen (secondary N) is 1. The van der Waals surface area contributed by atoms with Crippen LogP contribution in [0.25, 0.3) is 0 Å². The minimum Gasteiger partial charge on any atom is -0.380 e. The monoisotopic (exact) mass is 318 g/mol. The van der Waals surface area contributed by atoms with Crippen LogP contribution in [0, 0.1) is 24.1 Å². The standard InChI is InChI=1S/C15H12BrFN2/c1-10-4-2-7-14(12(10)8-18)19-9-11-5-3-6-13(17)15(11)16/h2-7,19H,9H2,1H3. The Morgan fingerprint density at radius 3 is 2.74 bits per heavy atom. The average Bonchev–Trinajstić information content (AvgIpc) is 2.40. The molecular weight excluding hydrogens is 307 g/mol. The Labute approximate surface area is 120 Å². The predicted molar refractivity (Wildman–Crippen MR) is 77.3 cm³/mol. The molecule has 0 amide bonds. The van der Waals surface area contributed by atoms with Crippen LogP contribution < -0.4 is 5.32 Å². The molecule has 19 heavy (non-hydrogen) atoms. The fraction of sp³-hybridized carbons (Fsp3) is 0.133. The second-order valence-electron chi connectivity index (χ2n) is 4.18. The topological polar surface area (TPSA) is 35.8 Å². The smallest absolute Gasteiger partial charge is 0.137 e. The minimum atomic E-state index is -0.288. The van der Waals surface area contributed by atoms with Gasteiger partial charge in [0.05, 0.1) is 15.7 Å². The molecule has 2 aromatic rings. The van der Waals surface area contributed by atoms with E-state index in [1.54, 1.807) is 6.07 Å². The van der Waals surface area contributed by atoms with E-state index < -0.39 is 0 Å². The predicted octanol–water partition coefficient (Wildman–Crippen LogP) is 4.38. The molecule has 2 rings (SSSR count). The molecule has 0 radical (unpaired) electrons. The van der Waals surface area contributed by atoms with Gasteiger partial charge >= 0.3 is 0 Å². The molecule has 0 saturated heterocycles. The summed E-state index contributed by atoms with van der Waals surface area (Å²) in [5, 5.41) is 12.3. The molecule has 0 atom stereocenters. The van der Waals surface area contributed by atoms with Crippen molar-refractivity contribution >= 4 is 21.6 Å². The van der Waals surface area contributed by atoms with E-state index in [1.165, 1.54) is 6.07 Å². The molecule has 2 aromatic carbocycles.